The lowest BCUT2D eigenvalue weighted by Gasteiger charge is -2.13. The molecule has 9 heteroatoms. The van der Waals surface area contributed by atoms with E-state index in [0.29, 0.717) is 5.69 Å². The number of benzene rings is 1. The van der Waals surface area contributed by atoms with Crippen molar-refractivity contribution in [2.75, 3.05) is 5.32 Å². The summed E-state index contributed by atoms with van der Waals surface area (Å²) in [5, 5.41) is 5.06. The number of carbonyl (C=O) groups excluding carboxylic acids is 1. The van der Waals surface area contributed by atoms with Gasteiger partial charge in [-0.25, -0.2) is 9.97 Å². The Morgan fingerprint density at radius 3 is 2.58 bits per heavy atom. The van der Waals surface area contributed by atoms with Gasteiger partial charge in [-0.15, -0.1) is 0 Å². The molecule has 1 aromatic heterocycles. The van der Waals surface area contributed by atoms with E-state index in [1.54, 1.807) is 6.92 Å². The van der Waals surface area contributed by atoms with Crippen LogP contribution in [-0.2, 0) is 6.18 Å². The van der Waals surface area contributed by atoms with Crippen molar-refractivity contribution < 1.29 is 18.0 Å². The number of halogens is 4. The molecule has 140 valence electrons. The van der Waals surface area contributed by atoms with Crippen molar-refractivity contribution in [2.45, 2.75) is 39.4 Å². The standard InChI is InChI=1S/C17H18ClF3N4O/c1-4-9(2)22-15(26)14-7-10(3)23-16(25-14)24-11-5-6-13(18)12(8-11)17(19,20)21/h5-9H,4H2,1-3H3,(H,22,26)(H,23,24,25). The number of hydrogen-bond acceptors (Lipinski definition) is 4. The van der Waals surface area contributed by atoms with E-state index < -0.39 is 16.8 Å². The summed E-state index contributed by atoms with van der Waals surface area (Å²) < 4.78 is 38.9. The molecule has 1 aromatic carbocycles. The fourth-order valence-corrected chi connectivity index (χ4v) is 2.31. The van der Waals surface area contributed by atoms with E-state index in [9.17, 15) is 18.0 Å². The average molecular weight is 387 g/mol. The SMILES string of the molecule is CCC(C)NC(=O)c1cc(C)nc(Nc2ccc(Cl)c(C(F)(F)F)c2)n1. The molecular formula is C17H18ClF3N4O. The van der Waals surface area contributed by atoms with Gasteiger partial charge in [0, 0.05) is 17.4 Å². The molecule has 5 nitrogen and oxygen atoms in total. The number of amides is 1. The fourth-order valence-electron chi connectivity index (χ4n) is 2.09. The Labute approximate surface area is 154 Å². The van der Waals surface area contributed by atoms with Gasteiger partial charge in [0.05, 0.1) is 10.6 Å². The number of alkyl halides is 3. The Morgan fingerprint density at radius 1 is 1.27 bits per heavy atom. The van der Waals surface area contributed by atoms with Crippen LogP contribution in [0.2, 0.25) is 5.02 Å². The highest BCUT2D eigenvalue weighted by Gasteiger charge is 2.33. The summed E-state index contributed by atoms with van der Waals surface area (Å²) in [6, 6.07) is 4.86. The third-order valence-electron chi connectivity index (χ3n) is 3.60. The second-order valence-corrected chi connectivity index (χ2v) is 6.23. The van der Waals surface area contributed by atoms with E-state index in [4.69, 9.17) is 11.6 Å². The molecule has 0 aliphatic carbocycles. The maximum absolute atomic E-state index is 13.0. The number of nitrogens with zero attached hydrogens (tertiary/aromatic N) is 2. The molecule has 1 amide bonds. The smallest absolute Gasteiger partial charge is 0.348 e. The highest BCUT2D eigenvalue weighted by Crippen LogP contribution is 2.36. The number of aryl methyl sites for hydroxylation is 1. The molecule has 2 aromatic rings. The van der Waals surface area contributed by atoms with Gasteiger partial charge < -0.3 is 10.6 Å². The molecule has 0 aliphatic rings. The Morgan fingerprint density at radius 2 is 1.96 bits per heavy atom. The lowest BCUT2D eigenvalue weighted by Crippen LogP contribution is -2.32. The van der Waals surface area contributed by atoms with Gasteiger partial charge in [-0.2, -0.15) is 13.2 Å². The van der Waals surface area contributed by atoms with Crippen LogP contribution in [0.3, 0.4) is 0 Å². The van der Waals surface area contributed by atoms with Crippen LogP contribution in [0.5, 0.6) is 0 Å². The first-order valence-corrected chi connectivity index (χ1v) is 8.28. The number of hydrogen-bond donors (Lipinski definition) is 2. The molecular weight excluding hydrogens is 369 g/mol. The molecule has 2 N–H and O–H groups in total. The summed E-state index contributed by atoms with van der Waals surface area (Å²) in [5.74, 6) is -0.352. The predicted molar refractivity (Wildman–Crippen MR) is 93.7 cm³/mol. The summed E-state index contributed by atoms with van der Waals surface area (Å²) >= 11 is 5.61. The molecule has 0 bridgehead atoms. The van der Waals surface area contributed by atoms with Crippen LogP contribution < -0.4 is 10.6 Å². The van der Waals surface area contributed by atoms with Gasteiger partial charge in [-0.05, 0) is 44.5 Å². The second kappa shape index (κ2) is 7.90. The molecule has 1 atom stereocenters. The van der Waals surface area contributed by atoms with Crippen molar-refractivity contribution in [3.8, 4) is 0 Å². The number of carbonyl (C=O) groups is 1. The summed E-state index contributed by atoms with van der Waals surface area (Å²) in [5.41, 5.74) is -0.223. The van der Waals surface area contributed by atoms with Crippen molar-refractivity contribution in [1.29, 1.82) is 0 Å². The van der Waals surface area contributed by atoms with Gasteiger partial charge in [-0.1, -0.05) is 18.5 Å². The zero-order chi connectivity index (χ0) is 19.5. The van der Waals surface area contributed by atoms with Gasteiger partial charge in [0.25, 0.3) is 5.91 Å². The Bertz CT molecular complexity index is 811. The molecule has 0 aliphatic heterocycles. The first-order chi connectivity index (χ1) is 12.1. The zero-order valence-corrected chi connectivity index (χ0v) is 15.2. The molecule has 0 radical (unpaired) electrons. The quantitative estimate of drug-likeness (QED) is 0.779. The monoisotopic (exact) mass is 386 g/mol. The van der Waals surface area contributed by atoms with E-state index in [1.165, 1.54) is 12.1 Å². The predicted octanol–water partition coefficient (Wildman–Crippen LogP) is 4.73. The molecule has 1 heterocycles. The van der Waals surface area contributed by atoms with Crippen LogP contribution in [0.25, 0.3) is 0 Å². The third kappa shape index (κ3) is 5.08. The molecule has 0 spiro atoms. The Balaban J connectivity index is 2.29. The minimum absolute atomic E-state index is 0.0229. The minimum Gasteiger partial charge on any atom is -0.348 e. The average Bonchev–Trinajstić information content (AvgIpc) is 2.54. The number of aromatic nitrogens is 2. The van der Waals surface area contributed by atoms with Crippen molar-refractivity contribution in [3.05, 3.63) is 46.2 Å². The van der Waals surface area contributed by atoms with Crippen LogP contribution in [-0.4, -0.2) is 21.9 Å². The summed E-state index contributed by atoms with van der Waals surface area (Å²) in [6.45, 7) is 5.45. The van der Waals surface area contributed by atoms with Crippen LogP contribution >= 0.6 is 11.6 Å². The fraction of sp³-hybridized carbons (Fsp3) is 0.353. The van der Waals surface area contributed by atoms with Crippen molar-refractivity contribution in [2.24, 2.45) is 0 Å². The van der Waals surface area contributed by atoms with Crippen molar-refractivity contribution >= 4 is 29.1 Å². The molecule has 0 fully saturated rings. The molecule has 0 saturated heterocycles. The lowest BCUT2D eigenvalue weighted by molar-refractivity contribution is -0.137. The maximum Gasteiger partial charge on any atom is 0.417 e. The lowest BCUT2D eigenvalue weighted by atomic mass is 10.2. The van der Waals surface area contributed by atoms with Crippen molar-refractivity contribution in [1.82, 2.24) is 15.3 Å². The van der Waals surface area contributed by atoms with E-state index in [2.05, 4.69) is 20.6 Å². The largest absolute Gasteiger partial charge is 0.417 e. The van der Waals surface area contributed by atoms with Gasteiger partial charge in [-0.3, -0.25) is 4.79 Å². The normalized spacial score (nSPS) is 12.6. The molecule has 26 heavy (non-hydrogen) atoms. The third-order valence-corrected chi connectivity index (χ3v) is 3.93. The molecule has 0 saturated carbocycles. The van der Waals surface area contributed by atoms with Gasteiger partial charge in [0.15, 0.2) is 0 Å². The highest BCUT2D eigenvalue weighted by molar-refractivity contribution is 6.31. The van der Waals surface area contributed by atoms with Crippen LogP contribution in [0.15, 0.2) is 24.3 Å². The maximum atomic E-state index is 13.0. The summed E-state index contributed by atoms with van der Waals surface area (Å²) in [4.78, 5) is 20.4. The Kier molecular flexibility index (Phi) is 6.07. The van der Waals surface area contributed by atoms with Gasteiger partial charge >= 0.3 is 6.18 Å². The minimum atomic E-state index is -4.58. The van der Waals surface area contributed by atoms with E-state index in [0.717, 1.165) is 18.6 Å². The van der Waals surface area contributed by atoms with E-state index in [-0.39, 0.29) is 29.3 Å². The van der Waals surface area contributed by atoms with Crippen LogP contribution in [0, 0.1) is 6.92 Å². The van der Waals surface area contributed by atoms with Crippen LogP contribution in [0.4, 0.5) is 24.8 Å². The molecule has 1 unspecified atom stereocenters. The van der Waals surface area contributed by atoms with Crippen molar-refractivity contribution in [3.63, 3.8) is 0 Å². The van der Waals surface area contributed by atoms with E-state index in [1.807, 2.05) is 13.8 Å². The second-order valence-electron chi connectivity index (χ2n) is 5.82. The van der Waals surface area contributed by atoms with Gasteiger partial charge in [0.1, 0.15) is 5.69 Å². The highest BCUT2D eigenvalue weighted by atomic mass is 35.5. The first kappa shape index (κ1) is 20.0. The molecule has 2 rings (SSSR count). The zero-order valence-electron chi connectivity index (χ0n) is 14.4. The van der Waals surface area contributed by atoms with Crippen LogP contribution in [0.1, 0.15) is 42.0 Å². The number of nitrogens with one attached hydrogen (secondary N) is 2. The first-order valence-electron chi connectivity index (χ1n) is 7.90. The topological polar surface area (TPSA) is 66.9 Å². The summed E-state index contributed by atoms with van der Waals surface area (Å²) in [6.07, 6.45) is -3.82. The number of rotatable bonds is 5. The van der Waals surface area contributed by atoms with Gasteiger partial charge in [0.2, 0.25) is 5.95 Å². The summed E-state index contributed by atoms with van der Waals surface area (Å²) in [7, 11) is 0. The number of anilines is 2. The van der Waals surface area contributed by atoms with E-state index >= 15 is 0 Å². The Hall–Kier alpha value is -2.35.